The van der Waals surface area contributed by atoms with Crippen molar-refractivity contribution in [1.29, 1.82) is 0 Å². The minimum atomic E-state index is -0.580. The summed E-state index contributed by atoms with van der Waals surface area (Å²) in [5, 5.41) is 3.66. The van der Waals surface area contributed by atoms with Crippen molar-refractivity contribution in [2.45, 2.75) is 18.6 Å². The maximum atomic E-state index is 13.5. The zero-order chi connectivity index (χ0) is 13.8. The number of aromatic nitrogens is 2. The van der Waals surface area contributed by atoms with Gasteiger partial charge in [0.15, 0.2) is 5.16 Å². The van der Waals surface area contributed by atoms with Crippen LogP contribution in [0.15, 0.2) is 29.4 Å². The zero-order valence-corrected chi connectivity index (χ0v) is 11.4. The minimum absolute atomic E-state index is 0.246. The van der Waals surface area contributed by atoms with Crippen LogP contribution in [0.4, 0.5) is 14.6 Å². The van der Waals surface area contributed by atoms with Gasteiger partial charge in [-0.25, -0.2) is 18.7 Å². The number of rotatable bonds is 4. The second kappa shape index (κ2) is 5.97. The van der Waals surface area contributed by atoms with E-state index in [1.54, 1.807) is 6.07 Å². The summed E-state index contributed by atoms with van der Waals surface area (Å²) in [7, 11) is 0. The van der Waals surface area contributed by atoms with Gasteiger partial charge in [0.05, 0.1) is 0 Å². The average molecular weight is 281 g/mol. The molecule has 0 aliphatic rings. The Morgan fingerprint density at radius 2 is 2.00 bits per heavy atom. The molecule has 0 fully saturated rings. The molecule has 0 amide bonds. The van der Waals surface area contributed by atoms with Gasteiger partial charge in [0, 0.05) is 29.9 Å². The monoisotopic (exact) mass is 281 g/mol. The van der Waals surface area contributed by atoms with Crippen LogP contribution in [0.5, 0.6) is 0 Å². The van der Waals surface area contributed by atoms with E-state index in [0.717, 1.165) is 11.8 Å². The van der Waals surface area contributed by atoms with Crippen molar-refractivity contribution < 1.29 is 8.78 Å². The molecule has 0 aliphatic heterocycles. The number of hydrogen-bond donors (Lipinski definition) is 1. The summed E-state index contributed by atoms with van der Waals surface area (Å²) in [6.07, 6.45) is 1.89. The third-order valence-corrected chi connectivity index (χ3v) is 3.04. The Balaban J connectivity index is 2.12. The highest BCUT2D eigenvalue weighted by Crippen LogP contribution is 2.15. The van der Waals surface area contributed by atoms with Crippen LogP contribution in [0.25, 0.3) is 0 Å². The maximum absolute atomic E-state index is 13.5. The second-order valence-electron chi connectivity index (χ2n) is 3.97. The molecule has 0 saturated carbocycles. The summed E-state index contributed by atoms with van der Waals surface area (Å²) < 4.78 is 26.2. The Morgan fingerprint density at radius 3 is 2.68 bits per heavy atom. The van der Waals surface area contributed by atoms with Gasteiger partial charge in [0.1, 0.15) is 17.5 Å². The normalized spacial score (nSPS) is 10.5. The molecule has 2 aromatic rings. The van der Waals surface area contributed by atoms with Crippen LogP contribution in [-0.4, -0.2) is 16.2 Å². The van der Waals surface area contributed by atoms with Crippen LogP contribution in [0.2, 0.25) is 0 Å². The summed E-state index contributed by atoms with van der Waals surface area (Å²) in [5.41, 5.74) is 1.23. The van der Waals surface area contributed by atoms with Crippen molar-refractivity contribution in [3.63, 3.8) is 0 Å². The van der Waals surface area contributed by atoms with Gasteiger partial charge in [-0.3, -0.25) is 0 Å². The molecule has 0 saturated heterocycles. The Bertz CT molecular complexity index is 590. The van der Waals surface area contributed by atoms with Crippen LogP contribution in [0.3, 0.4) is 0 Å². The predicted octanol–water partition coefficient (Wildman–Crippen LogP) is 3.40. The van der Waals surface area contributed by atoms with Crippen molar-refractivity contribution in [2.75, 3.05) is 11.6 Å². The first-order valence-corrected chi connectivity index (χ1v) is 6.88. The topological polar surface area (TPSA) is 37.8 Å². The van der Waals surface area contributed by atoms with E-state index in [1.165, 1.54) is 23.9 Å². The summed E-state index contributed by atoms with van der Waals surface area (Å²) >= 11 is 1.44. The third kappa shape index (κ3) is 3.64. The second-order valence-corrected chi connectivity index (χ2v) is 4.74. The lowest BCUT2D eigenvalue weighted by molar-refractivity contribution is 0.574. The van der Waals surface area contributed by atoms with Gasteiger partial charge in [-0.05, 0) is 19.2 Å². The van der Waals surface area contributed by atoms with E-state index in [4.69, 9.17) is 0 Å². The highest BCUT2D eigenvalue weighted by Gasteiger charge is 2.05. The molecule has 6 heteroatoms. The number of anilines is 1. The van der Waals surface area contributed by atoms with Crippen molar-refractivity contribution in [3.8, 4) is 0 Å². The zero-order valence-electron chi connectivity index (χ0n) is 10.6. The molecule has 0 radical (unpaired) electrons. The van der Waals surface area contributed by atoms with Crippen molar-refractivity contribution in [1.82, 2.24) is 9.97 Å². The smallest absolute Gasteiger partial charge is 0.189 e. The predicted molar refractivity (Wildman–Crippen MR) is 72.2 cm³/mol. The standard InChI is InChI=1S/C13H13F2N3S/c1-8-5-12(18-13(17-8)19-2)16-7-9-3-4-10(14)6-11(9)15/h3-6H,7H2,1-2H3,(H,16,17,18). The Hall–Kier alpha value is -1.69. The third-order valence-electron chi connectivity index (χ3n) is 2.49. The fourth-order valence-electron chi connectivity index (χ4n) is 1.57. The van der Waals surface area contributed by atoms with E-state index in [9.17, 15) is 8.78 Å². The lowest BCUT2D eigenvalue weighted by Crippen LogP contribution is -2.05. The SMILES string of the molecule is CSc1nc(C)cc(NCc2ccc(F)cc2F)n1. The van der Waals surface area contributed by atoms with Gasteiger partial charge in [-0.2, -0.15) is 0 Å². The minimum Gasteiger partial charge on any atom is -0.366 e. The summed E-state index contributed by atoms with van der Waals surface area (Å²) in [4.78, 5) is 8.48. The number of nitrogens with one attached hydrogen (secondary N) is 1. The average Bonchev–Trinajstić information content (AvgIpc) is 2.37. The summed E-state index contributed by atoms with van der Waals surface area (Å²) in [6, 6.07) is 5.30. The number of thioether (sulfide) groups is 1. The fraction of sp³-hybridized carbons (Fsp3) is 0.231. The first-order chi connectivity index (χ1) is 9.08. The molecule has 1 heterocycles. The molecule has 0 atom stereocenters. The lowest BCUT2D eigenvalue weighted by atomic mass is 10.2. The van der Waals surface area contributed by atoms with Crippen molar-refractivity contribution in [3.05, 3.63) is 47.2 Å². The quantitative estimate of drug-likeness (QED) is 0.688. The highest BCUT2D eigenvalue weighted by atomic mass is 32.2. The van der Waals surface area contributed by atoms with Gasteiger partial charge in [0.2, 0.25) is 0 Å². The van der Waals surface area contributed by atoms with Crippen molar-refractivity contribution in [2.24, 2.45) is 0 Å². The van der Waals surface area contributed by atoms with Crippen LogP contribution in [-0.2, 0) is 6.54 Å². The van der Waals surface area contributed by atoms with E-state index >= 15 is 0 Å². The molecular formula is C13H13F2N3S. The molecule has 1 N–H and O–H groups in total. The first-order valence-electron chi connectivity index (χ1n) is 5.66. The number of aryl methyl sites for hydroxylation is 1. The first kappa shape index (κ1) is 13.7. The Labute approximate surface area is 114 Å². The van der Waals surface area contributed by atoms with Gasteiger partial charge < -0.3 is 5.32 Å². The number of nitrogens with zero attached hydrogens (tertiary/aromatic N) is 2. The molecule has 1 aromatic carbocycles. The molecule has 0 bridgehead atoms. The van der Waals surface area contributed by atoms with Gasteiger partial charge >= 0.3 is 0 Å². The van der Waals surface area contributed by atoms with Crippen molar-refractivity contribution >= 4 is 17.6 Å². The lowest BCUT2D eigenvalue weighted by Gasteiger charge is -2.08. The largest absolute Gasteiger partial charge is 0.366 e. The molecule has 0 aliphatic carbocycles. The molecule has 1 aromatic heterocycles. The summed E-state index contributed by atoms with van der Waals surface area (Å²) in [5.74, 6) is -0.521. The Morgan fingerprint density at radius 1 is 1.21 bits per heavy atom. The fourth-order valence-corrected chi connectivity index (χ4v) is 2.00. The van der Waals surface area contributed by atoms with Gasteiger partial charge in [-0.1, -0.05) is 17.8 Å². The van der Waals surface area contributed by atoms with Crippen LogP contribution < -0.4 is 5.32 Å². The van der Waals surface area contributed by atoms with Crippen LogP contribution in [0.1, 0.15) is 11.3 Å². The van der Waals surface area contributed by atoms with E-state index in [1.807, 2.05) is 13.2 Å². The number of benzene rings is 1. The molecule has 19 heavy (non-hydrogen) atoms. The van der Waals surface area contributed by atoms with E-state index < -0.39 is 11.6 Å². The van der Waals surface area contributed by atoms with Gasteiger partial charge in [-0.15, -0.1) is 0 Å². The number of hydrogen-bond acceptors (Lipinski definition) is 4. The summed E-state index contributed by atoms with van der Waals surface area (Å²) in [6.45, 7) is 2.11. The van der Waals surface area contributed by atoms with Crippen LogP contribution in [0, 0.1) is 18.6 Å². The molecular weight excluding hydrogens is 268 g/mol. The van der Waals surface area contributed by atoms with E-state index in [2.05, 4.69) is 15.3 Å². The van der Waals surface area contributed by atoms with E-state index in [0.29, 0.717) is 16.5 Å². The molecule has 0 unspecified atom stereocenters. The molecule has 2 rings (SSSR count). The van der Waals surface area contributed by atoms with Gasteiger partial charge in [0.25, 0.3) is 0 Å². The van der Waals surface area contributed by atoms with E-state index in [-0.39, 0.29) is 6.54 Å². The molecule has 0 spiro atoms. The van der Waals surface area contributed by atoms with Crippen LogP contribution >= 0.6 is 11.8 Å². The Kier molecular flexibility index (Phi) is 4.31. The number of halogens is 2. The highest BCUT2D eigenvalue weighted by molar-refractivity contribution is 7.98. The maximum Gasteiger partial charge on any atom is 0.189 e. The molecule has 3 nitrogen and oxygen atoms in total. The molecule has 100 valence electrons.